The molecule has 0 bridgehead atoms. The summed E-state index contributed by atoms with van der Waals surface area (Å²) in [5.41, 5.74) is 9.00. The van der Waals surface area contributed by atoms with E-state index in [1.54, 1.807) is 0 Å². The van der Waals surface area contributed by atoms with Crippen molar-refractivity contribution in [3.63, 3.8) is 0 Å². The maximum absolute atomic E-state index is 12.3. The smallest absolute Gasteiger partial charge is 0.228 e. The van der Waals surface area contributed by atoms with Gasteiger partial charge in [-0.1, -0.05) is 33.8 Å². The Bertz CT molecular complexity index is 511. The van der Waals surface area contributed by atoms with Crippen LogP contribution in [0.4, 0.5) is 11.4 Å². The fraction of sp³-hybridized carbons (Fsp3) is 0.588. The van der Waals surface area contributed by atoms with Gasteiger partial charge in [0.2, 0.25) is 5.91 Å². The van der Waals surface area contributed by atoms with Crippen LogP contribution in [0.5, 0.6) is 0 Å². The van der Waals surface area contributed by atoms with Gasteiger partial charge < -0.3 is 15.5 Å². The minimum absolute atomic E-state index is 0.239. The van der Waals surface area contributed by atoms with Crippen LogP contribution in [0.2, 0.25) is 0 Å². The molecule has 1 amide bonds. The first-order valence-corrected chi connectivity index (χ1v) is 7.75. The van der Waals surface area contributed by atoms with E-state index in [-0.39, 0.29) is 11.3 Å². The average molecular weight is 289 g/mol. The molecule has 2 rings (SSSR count). The van der Waals surface area contributed by atoms with Crippen molar-refractivity contribution in [2.45, 2.75) is 34.1 Å². The van der Waals surface area contributed by atoms with Crippen LogP contribution in [0.1, 0.15) is 33.3 Å². The molecule has 0 saturated carbocycles. The van der Waals surface area contributed by atoms with Crippen molar-refractivity contribution >= 4 is 17.3 Å². The van der Waals surface area contributed by atoms with Crippen LogP contribution >= 0.6 is 0 Å². The normalized spacial score (nSPS) is 16.2. The number of nitrogens with zero attached hydrogens (tertiary/aromatic N) is 2. The summed E-state index contributed by atoms with van der Waals surface area (Å²) in [7, 11) is 0. The number of carbonyl (C=O) groups is 1. The maximum Gasteiger partial charge on any atom is 0.228 e. The predicted molar refractivity (Wildman–Crippen MR) is 88.5 cm³/mol. The van der Waals surface area contributed by atoms with E-state index in [1.165, 1.54) is 5.56 Å². The summed E-state index contributed by atoms with van der Waals surface area (Å²) in [6, 6.07) is 6.30. The Hall–Kier alpha value is -1.71. The number of benzene rings is 1. The molecule has 21 heavy (non-hydrogen) atoms. The molecular weight excluding hydrogens is 262 g/mol. The summed E-state index contributed by atoms with van der Waals surface area (Å²) >= 11 is 0. The van der Waals surface area contributed by atoms with Gasteiger partial charge in [-0.3, -0.25) is 4.79 Å². The summed E-state index contributed by atoms with van der Waals surface area (Å²) in [4.78, 5) is 16.6. The number of amides is 1. The van der Waals surface area contributed by atoms with Crippen LogP contribution in [-0.4, -0.2) is 37.0 Å². The molecule has 0 unspecified atom stereocenters. The third-order valence-corrected chi connectivity index (χ3v) is 4.08. The van der Waals surface area contributed by atoms with Crippen LogP contribution in [0, 0.1) is 5.41 Å². The largest absolute Gasteiger partial charge is 0.398 e. The van der Waals surface area contributed by atoms with Crippen molar-refractivity contribution in [2.75, 3.05) is 36.8 Å². The number of hydrogen-bond acceptors (Lipinski definition) is 3. The first-order valence-electron chi connectivity index (χ1n) is 7.75. The van der Waals surface area contributed by atoms with Crippen molar-refractivity contribution in [2.24, 2.45) is 5.41 Å². The van der Waals surface area contributed by atoms with Gasteiger partial charge in [-0.15, -0.1) is 0 Å². The fourth-order valence-electron chi connectivity index (χ4n) is 2.74. The number of aryl methyl sites for hydroxylation is 1. The van der Waals surface area contributed by atoms with Gasteiger partial charge in [-0.05, 0) is 24.1 Å². The van der Waals surface area contributed by atoms with E-state index in [4.69, 9.17) is 5.73 Å². The van der Waals surface area contributed by atoms with Crippen LogP contribution in [-0.2, 0) is 11.2 Å². The highest BCUT2D eigenvalue weighted by Gasteiger charge is 2.29. The fourth-order valence-corrected chi connectivity index (χ4v) is 2.74. The third-order valence-electron chi connectivity index (χ3n) is 4.08. The zero-order valence-corrected chi connectivity index (χ0v) is 13.6. The van der Waals surface area contributed by atoms with Gasteiger partial charge in [-0.25, -0.2) is 0 Å². The highest BCUT2D eigenvalue weighted by atomic mass is 16.2. The molecule has 1 aliphatic rings. The molecule has 1 fully saturated rings. The molecule has 4 nitrogen and oxygen atoms in total. The van der Waals surface area contributed by atoms with Crippen molar-refractivity contribution in [3.8, 4) is 0 Å². The van der Waals surface area contributed by atoms with Gasteiger partial charge in [0, 0.05) is 43.0 Å². The van der Waals surface area contributed by atoms with Gasteiger partial charge in [0.25, 0.3) is 0 Å². The molecule has 1 saturated heterocycles. The highest BCUT2D eigenvalue weighted by Crippen LogP contribution is 2.24. The van der Waals surface area contributed by atoms with Gasteiger partial charge in [0.05, 0.1) is 0 Å². The van der Waals surface area contributed by atoms with E-state index in [9.17, 15) is 4.79 Å². The molecule has 1 aliphatic heterocycles. The first-order chi connectivity index (χ1) is 9.82. The SMILES string of the molecule is CCc1ccc(N2CCN(C(=O)C(C)(C)C)CC2)cc1N. The van der Waals surface area contributed by atoms with Gasteiger partial charge in [0.1, 0.15) is 0 Å². The second-order valence-corrected chi connectivity index (χ2v) is 6.77. The number of anilines is 2. The Morgan fingerprint density at radius 1 is 1.19 bits per heavy atom. The van der Waals surface area contributed by atoms with Crippen LogP contribution in [0.15, 0.2) is 18.2 Å². The van der Waals surface area contributed by atoms with E-state index in [0.717, 1.165) is 44.0 Å². The van der Waals surface area contributed by atoms with Crippen LogP contribution < -0.4 is 10.6 Å². The summed E-state index contributed by atoms with van der Waals surface area (Å²) < 4.78 is 0. The molecule has 0 aromatic heterocycles. The summed E-state index contributed by atoms with van der Waals surface area (Å²) in [5, 5.41) is 0. The van der Waals surface area contributed by atoms with E-state index in [0.29, 0.717) is 0 Å². The van der Waals surface area contributed by atoms with E-state index >= 15 is 0 Å². The van der Waals surface area contributed by atoms with Crippen LogP contribution in [0.3, 0.4) is 0 Å². The van der Waals surface area contributed by atoms with Gasteiger partial charge in [-0.2, -0.15) is 0 Å². The Kier molecular flexibility index (Phi) is 4.45. The number of carbonyl (C=O) groups excluding carboxylic acids is 1. The van der Waals surface area contributed by atoms with E-state index in [2.05, 4.69) is 30.0 Å². The minimum Gasteiger partial charge on any atom is -0.398 e. The summed E-state index contributed by atoms with van der Waals surface area (Å²) in [6.07, 6.45) is 0.958. The van der Waals surface area contributed by atoms with Crippen molar-refractivity contribution in [3.05, 3.63) is 23.8 Å². The Morgan fingerprint density at radius 2 is 1.81 bits per heavy atom. The monoisotopic (exact) mass is 289 g/mol. The molecule has 2 N–H and O–H groups in total. The molecule has 116 valence electrons. The Balaban J connectivity index is 2.01. The van der Waals surface area contributed by atoms with Crippen LogP contribution in [0.25, 0.3) is 0 Å². The number of rotatable bonds is 2. The average Bonchev–Trinajstić information content (AvgIpc) is 2.45. The van der Waals surface area contributed by atoms with Gasteiger partial charge in [0.15, 0.2) is 0 Å². The standard InChI is InChI=1S/C17H27N3O/c1-5-13-6-7-14(12-15(13)18)19-8-10-20(11-9-19)16(21)17(2,3)4/h6-7,12H,5,8-11,18H2,1-4H3. The molecule has 4 heteroatoms. The lowest BCUT2D eigenvalue weighted by Gasteiger charge is -2.38. The van der Waals surface area contributed by atoms with Crippen molar-refractivity contribution in [1.82, 2.24) is 4.90 Å². The minimum atomic E-state index is -0.296. The van der Waals surface area contributed by atoms with E-state index < -0.39 is 0 Å². The number of piperazine rings is 1. The molecule has 1 heterocycles. The molecule has 0 atom stereocenters. The molecule has 1 aromatic carbocycles. The molecule has 0 aliphatic carbocycles. The molecular formula is C17H27N3O. The Morgan fingerprint density at radius 3 is 2.29 bits per heavy atom. The molecule has 0 spiro atoms. The maximum atomic E-state index is 12.3. The second kappa shape index (κ2) is 5.96. The predicted octanol–water partition coefficient (Wildman–Crippen LogP) is 2.53. The number of nitrogens with two attached hydrogens (primary N) is 1. The number of hydrogen-bond donors (Lipinski definition) is 1. The topological polar surface area (TPSA) is 49.6 Å². The molecule has 1 aromatic rings. The zero-order valence-electron chi connectivity index (χ0n) is 13.6. The molecule has 0 radical (unpaired) electrons. The highest BCUT2D eigenvalue weighted by molar-refractivity contribution is 5.81. The zero-order chi connectivity index (χ0) is 15.6. The van der Waals surface area contributed by atoms with E-state index in [1.807, 2.05) is 25.7 Å². The quantitative estimate of drug-likeness (QED) is 0.851. The van der Waals surface area contributed by atoms with Crippen molar-refractivity contribution in [1.29, 1.82) is 0 Å². The first kappa shape index (κ1) is 15.7. The lowest BCUT2D eigenvalue weighted by Crippen LogP contribution is -2.51. The number of nitrogen functional groups attached to an aromatic ring is 1. The Labute approximate surface area is 127 Å². The summed E-state index contributed by atoms with van der Waals surface area (Å²) in [6.45, 7) is 11.3. The van der Waals surface area contributed by atoms with Crippen molar-refractivity contribution < 1.29 is 4.79 Å². The lowest BCUT2D eigenvalue weighted by atomic mass is 9.94. The van der Waals surface area contributed by atoms with Gasteiger partial charge >= 0.3 is 0 Å². The lowest BCUT2D eigenvalue weighted by molar-refractivity contribution is -0.139. The summed E-state index contributed by atoms with van der Waals surface area (Å²) in [5.74, 6) is 0.239. The second-order valence-electron chi connectivity index (χ2n) is 6.77. The third kappa shape index (κ3) is 3.49.